The second kappa shape index (κ2) is 4.30. The van der Waals surface area contributed by atoms with Crippen LogP contribution in [0.3, 0.4) is 0 Å². The van der Waals surface area contributed by atoms with E-state index in [4.69, 9.17) is 6.42 Å². The minimum absolute atomic E-state index is 0.0369. The predicted octanol–water partition coefficient (Wildman–Crippen LogP) is 2.19. The van der Waals surface area contributed by atoms with Crippen molar-refractivity contribution in [1.29, 1.82) is 0 Å². The fourth-order valence-electron chi connectivity index (χ4n) is 1.69. The SMILES string of the molecule is C#CC(NC)C(C)(C)c1ccccc1. The van der Waals surface area contributed by atoms with Crippen molar-refractivity contribution in [3.63, 3.8) is 0 Å². The van der Waals surface area contributed by atoms with E-state index in [2.05, 4.69) is 37.2 Å². The molecule has 1 nitrogen and oxygen atoms in total. The molecule has 0 aliphatic rings. The highest BCUT2D eigenvalue weighted by Gasteiger charge is 2.28. The smallest absolute Gasteiger partial charge is 0.0777 e. The first kappa shape index (κ1) is 10.8. The summed E-state index contributed by atoms with van der Waals surface area (Å²) in [5, 5.41) is 3.15. The van der Waals surface area contributed by atoms with Crippen LogP contribution in [0.15, 0.2) is 30.3 Å². The largest absolute Gasteiger partial charge is 0.306 e. The monoisotopic (exact) mass is 187 g/mol. The van der Waals surface area contributed by atoms with Gasteiger partial charge in [-0.05, 0) is 12.6 Å². The van der Waals surface area contributed by atoms with Gasteiger partial charge < -0.3 is 5.32 Å². The van der Waals surface area contributed by atoms with Gasteiger partial charge in [0.05, 0.1) is 6.04 Å². The Balaban J connectivity index is 3.02. The normalized spacial score (nSPS) is 13.3. The number of nitrogens with one attached hydrogen (secondary N) is 1. The van der Waals surface area contributed by atoms with Gasteiger partial charge in [-0.3, -0.25) is 0 Å². The van der Waals surface area contributed by atoms with Crippen molar-refractivity contribution in [3.05, 3.63) is 35.9 Å². The first-order valence-electron chi connectivity index (χ1n) is 4.82. The zero-order chi connectivity index (χ0) is 10.6. The maximum Gasteiger partial charge on any atom is 0.0777 e. The van der Waals surface area contributed by atoms with Crippen LogP contribution in [0.25, 0.3) is 0 Å². The van der Waals surface area contributed by atoms with E-state index >= 15 is 0 Å². The number of benzene rings is 1. The number of terminal acetylenes is 1. The van der Waals surface area contributed by atoms with Crippen LogP contribution in [-0.4, -0.2) is 13.1 Å². The molecule has 14 heavy (non-hydrogen) atoms. The standard InChI is InChI=1S/C13H17N/c1-5-12(14-4)13(2,3)11-9-7-6-8-10-11/h1,6-10,12,14H,2-4H3. The summed E-state index contributed by atoms with van der Waals surface area (Å²) in [6.45, 7) is 4.31. The maximum atomic E-state index is 5.49. The molecule has 1 unspecified atom stereocenters. The van der Waals surface area contributed by atoms with Crippen LogP contribution in [0.2, 0.25) is 0 Å². The number of hydrogen-bond donors (Lipinski definition) is 1. The molecule has 0 heterocycles. The van der Waals surface area contributed by atoms with Crippen LogP contribution >= 0.6 is 0 Å². The van der Waals surface area contributed by atoms with Crippen LogP contribution in [0.1, 0.15) is 19.4 Å². The van der Waals surface area contributed by atoms with E-state index in [1.165, 1.54) is 5.56 Å². The molecule has 0 bridgehead atoms. The molecule has 0 saturated heterocycles. The van der Waals surface area contributed by atoms with Gasteiger partial charge in [0, 0.05) is 5.41 Å². The second-order valence-corrected chi connectivity index (χ2v) is 3.98. The molecule has 0 aliphatic heterocycles. The van der Waals surface area contributed by atoms with Crippen LogP contribution in [0.5, 0.6) is 0 Å². The van der Waals surface area contributed by atoms with Crippen molar-refractivity contribution < 1.29 is 0 Å². The van der Waals surface area contributed by atoms with E-state index in [9.17, 15) is 0 Å². The number of likely N-dealkylation sites (N-methyl/N-ethyl adjacent to an activating group) is 1. The Bertz CT molecular complexity index is 319. The average molecular weight is 187 g/mol. The molecule has 1 rings (SSSR count). The van der Waals surface area contributed by atoms with Crippen LogP contribution in [-0.2, 0) is 5.41 Å². The van der Waals surface area contributed by atoms with E-state index in [1.807, 2.05) is 25.2 Å². The van der Waals surface area contributed by atoms with Crippen LogP contribution < -0.4 is 5.32 Å². The van der Waals surface area contributed by atoms with Crippen LogP contribution in [0, 0.1) is 12.3 Å². The molecule has 1 heteroatoms. The van der Waals surface area contributed by atoms with E-state index < -0.39 is 0 Å². The first-order valence-corrected chi connectivity index (χ1v) is 4.82. The van der Waals surface area contributed by atoms with Crippen molar-refractivity contribution in [2.24, 2.45) is 0 Å². The number of hydrogen-bond acceptors (Lipinski definition) is 1. The second-order valence-electron chi connectivity index (χ2n) is 3.98. The summed E-state index contributed by atoms with van der Waals surface area (Å²) in [5.41, 5.74) is 1.22. The van der Waals surface area contributed by atoms with Crippen molar-refractivity contribution in [2.45, 2.75) is 25.3 Å². The first-order chi connectivity index (χ1) is 6.62. The lowest BCUT2D eigenvalue weighted by atomic mass is 9.78. The predicted molar refractivity (Wildman–Crippen MR) is 61.1 cm³/mol. The molecule has 0 aliphatic carbocycles. The van der Waals surface area contributed by atoms with E-state index in [0.717, 1.165) is 0 Å². The third kappa shape index (κ3) is 1.97. The quantitative estimate of drug-likeness (QED) is 0.715. The Morgan fingerprint density at radius 3 is 2.29 bits per heavy atom. The Kier molecular flexibility index (Phi) is 3.33. The fraction of sp³-hybridized carbons (Fsp3) is 0.385. The van der Waals surface area contributed by atoms with Crippen molar-refractivity contribution in [3.8, 4) is 12.3 Å². The molecule has 0 amide bonds. The third-order valence-corrected chi connectivity index (χ3v) is 2.69. The summed E-state index contributed by atoms with van der Waals surface area (Å²) in [4.78, 5) is 0. The molecule has 1 atom stereocenters. The average Bonchev–Trinajstić information content (AvgIpc) is 2.20. The van der Waals surface area contributed by atoms with Crippen molar-refractivity contribution >= 4 is 0 Å². The van der Waals surface area contributed by atoms with Gasteiger partial charge in [-0.15, -0.1) is 6.42 Å². The Morgan fingerprint density at radius 2 is 1.86 bits per heavy atom. The van der Waals surface area contributed by atoms with E-state index in [1.54, 1.807) is 0 Å². The summed E-state index contributed by atoms with van der Waals surface area (Å²) in [6, 6.07) is 10.4. The molecule has 0 spiro atoms. The highest BCUT2D eigenvalue weighted by molar-refractivity contribution is 5.29. The Morgan fingerprint density at radius 1 is 1.29 bits per heavy atom. The van der Waals surface area contributed by atoms with Gasteiger partial charge in [-0.2, -0.15) is 0 Å². The van der Waals surface area contributed by atoms with Crippen molar-refractivity contribution in [1.82, 2.24) is 5.32 Å². The molecule has 0 fully saturated rings. The van der Waals surface area contributed by atoms with Gasteiger partial charge >= 0.3 is 0 Å². The summed E-state index contributed by atoms with van der Waals surface area (Å²) < 4.78 is 0. The maximum absolute atomic E-state index is 5.49. The molecule has 1 aromatic rings. The lowest BCUT2D eigenvalue weighted by Gasteiger charge is -2.31. The minimum atomic E-state index is -0.0369. The summed E-state index contributed by atoms with van der Waals surface area (Å²) >= 11 is 0. The fourth-order valence-corrected chi connectivity index (χ4v) is 1.69. The van der Waals surface area contributed by atoms with Gasteiger partial charge in [0.2, 0.25) is 0 Å². The Labute approximate surface area is 86.5 Å². The van der Waals surface area contributed by atoms with E-state index in [-0.39, 0.29) is 11.5 Å². The minimum Gasteiger partial charge on any atom is -0.306 e. The highest BCUT2D eigenvalue weighted by atomic mass is 14.9. The number of rotatable bonds is 3. The highest BCUT2D eigenvalue weighted by Crippen LogP contribution is 2.26. The van der Waals surface area contributed by atoms with Gasteiger partial charge in [0.15, 0.2) is 0 Å². The van der Waals surface area contributed by atoms with Gasteiger partial charge in [-0.25, -0.2) is 0 Å². The van der Waals surface area contributed by atoms with E-state index in [0.29, 0.717) is 0 Å². The molecular weight excluding hydrogens is 170 g/mol. The molecular formula is C13H17N. The molecule has 0 radical (unpaired) electrons. The van der Waals surface area contributed by atoms with Crippen LogP contribution in [0.4, 0.5) is 0 Å². The van der Waals surface area contributed by atoms with Gasteiger partial charge in [0.1, 0.15) is 0 Å². The third-order valence-electron chi connectivity index (χ3n) is 2.69. The zero-order valence-corrected chi connectivity index (χ0v) is 9.04. The molecule has 1 N–H and O–H groups in total. The van der Waals surface area contributed by atoms with Gasteiger partial charge in [-0.1, -0.05) is 50.1 Å². The Hall–Kier alpha value is -1.26. The molecule has 0 aromatic heterocycles. The molecule has 0 saturated carbocycles. The molecule has 74 valence electrons. The lowest BCUT2D eigenvalue weighted by molar-refractivity contribution is 0.427. The molecule has 1 aromatic carbocycles. The van der Waals surface area contributed by atoms with Crippen molar-refractivity contribution in [2.75, 3.05) is 7.05 Å². The zero-order valence-electron chi connectivity index (χ0n) is 9.04. The lowest BCUT2D eigenvalue weighted by Crippen LogP contribution is -2.41. The van der Waals surface area contributed by atoms with Gasteiger partial charge in [0.25, 0.3) is 0 Å². The topological polar surface area (TPSA) is 12.0 Å². The summed E-state index contributed by atoms with van der Waals surface area (Å²) in [7, 11) is 1.90. The summed E-state index contributed by atoms with van der Waals surface area (Å²) in [6.07, 6.45) is 5.49. The summed E-state index contributed by atoms with van der Waals surface area (Å²) in [5.74, 6) is 2.78.